The van der Waals surface area contributed by atoms with Gasteiger partial charge in [-0.3, -0.25) is 4.79 Å². The smallest absolute Gasteiger partial charge is 0.223 e. The summed E-state index contributed by atoms with van der Waals surface area (Å²) >= 11 is 0. The van der Waals surface area contributed by atoms with Crippen molar-refractivity contribution in [3.63, 3.8) is 0 Å². The molecule has 3 unspecified atom stereocenters. The average molecular weight is 394 g/mol. The number of likely N-dealkylation sites (tertiary alicyclic amines) is 1. The molecule has 3 N–H and O–H groups in total. The fraction of sp³-hybridized carbons (Fsp3) is 0.947. The van der Waals surface area contributed by atoms with Gasteiger partial charge in [0.15, 0.2) is 0 Å². The van der Waals surface area contributed by atoms with Gasteiger partial charge in [-0.2, -0.15) is 0 Å². The normalized spacial score (nSPS) is 35.4. The van der Waals surface area contributed by atoms with E-state index >= 15 is 0 Å². The second kappa shape index (κ2) is 10.3. The summed E-state index contributed by atoms with van der Waals surface area (Å²) in [4.78, 5) is 15.2. The molecule has 3 rings (SSSR count). The Morgan fingerprint density at radius 2 is 1.76 bits per heavy atom. The minimum atomic E-state index is 0. The number of carbonyl (C=O) groups is 1. The van der Waals surface area contributed by atoms with E-state index < -0.39 is 0 Å². The topological polar surface area (TPSA) is 58.4 Å². The molecular weight excluding hydrogens is 357 g/mol. The number of carbonyl (C=O) groups excluding carboxylic acids is 1. The summed E-state index contributed by atoms with van der Waals surface area (Å²) in [6.07, 6.45) is 8.33. The van der Waals surface area contributed by atoms with E-state index in [9.17, 15) is 4.79 Å². The van der Waals surface area contributed by atoms with Gasteiger partial charge in [-0.1, -0.05) is 6.42 Å². The third kappa shape index (κ3) is 5.72. The van der Waals surface area contributed by atoms with Gasteiger partial charge >= 0.3 is 0 Å². The molecule has 1 amide bonds. The predicted molar refractivity (Wildman–Crippen MR) is 108 cm³/mol. The van der Waals surface area contributed by atoms with Crippen molar-refractivity contribution in [3.8, 4) is 0 Å². The van der Waals surface area contributed by atoms with Crippen LogP contribution in [0, 0.1) is 23.7 Å². The first kappa shape index (κ1) is 23.0. The number of nitrogens with two attached hydrogens (primary N) is 1. The molecule has 1 aliphatic heterocycles. The van der Waals surface area contributed by atoms with Crippen LogP contribution in [0.15, 0.2) is 0 Å². The largest absolute Gasteiger partial charge is 0.356 e. The molecule has 1 heterocycles. The Balaban J connectivity index is 0.00000156. The van der Waals surface area contributed by atoms with Crippen LogP contribution in [-0.2, 0) is 4.79 Å². The van der Waals surface area contributed by atoms with Crippen LogP contribution in [0.4, 0.5) is 0 Å². The van der Waals surface area contributed by atoms with E-state index in [4.69, 9.17) is 5.73 Å². The Morgan fingerprint density at radius 3 is 2.36 bits per heavy atom. The van der Waals surface area contributed by atoms with Crippen LogP contribution in [-0.4, -0.2) is 42.5 Å². The molecule has 0 spiro atoms. The Kier molecular flexibility index (Phi) is 9.52. The maximum absolute atomic E-state index is 12.6. The van der Waals surface area contributed by atoms with Gasteiger partial charge in [0.2, 0.25) is 5.91 Å². The predicted octanol–water partition coefficient (Wildman–Crippen LogP) is 3.22. The number of nitrogens with one attached hydrogen (secondary N) is 1. The van der Waals surface area contributed by atoms with Crippen molar-refractivity contribution >= 4 is 30.7 Å². The zero-order chi connectivity index (χ0) is 16.4. The summed E-state index contributed by atoms with van der Waals surface area (Å²) in [5, 5.41) is 3.28. The summed E-state index contributed by atoms with van der Waals surface area (Å²) < 4.78 is 0. The molecule has 2 bridgehead atoms. The highest BCUT2D eigenvalue weighted by Gasteiger charge is 2.40. The monoisotopic (exact) mass is 393 g/mol. The summed E-state index contributed by atoms with van der Waals surface area (Å²) in [5.74, 6) is 2.32. The average Bonchev–Trinajstić information content (AvgIpc) is 2.52. The van der Waals surface area contributed by atoms with Crippen LogP contribution in [0.5, 0.6) is 0 Å². The van der Waals surface area contributed by atoms with Crippen molar-refractivity contribution in [2.24, 2.45) is 29.4 Å². The second-order valence-corrected chi connectivity index (χ2v) is 8.54. The summed E-state index contributed by atoms with van der Waals surface area (Å²) in [7, 11) is 0. The lowest BCUT2D eigenvalue weighted by Gasteiger charge is -2.43. The van der Waals surface area contributed by atoms with Gasteiger partial charge in [0, 0.05) is 31.1 Å². The number of piperidine rings is 1. The molecule has 0 radical (unpaired) electrons. The lowest BCUT2D eigenvalue weighted by Crippen LogP contribution is -2.50. The Labute approximate surface area is 165 Å². The van der Waals surface area contributed by atoms with Crippen molar-refractivity contribution in [3.05, 3.63) is 0 Å². The zero-order valence-electron chi connectivity index (χ0n) is 15.8. The van der Waals surface area contributed by atoms with E-state index in [2.05, 4.69) is 24.1 Å². The molecule has 1 saturated heterocycles. The molecule has 3 fully saturated rings. The third-order valence-corrected chi connectivity index (χ3v) is 6.63. The van der Waals surface area contributed by atoms with Crippen molar-refractivity contribution < 1.29 is 4.79 Å². The lowest BCUT2D eigenvalue weighted by molar-refractivity contribution is -0.128. The summed E-state index contributed by atoms with van der Waals surface area (Å²) in [5.41, 5.74) is 6.34. The van der Waals surface area contributed by atoms with Crippen LogP contribution >= 0.6 is 24.8 Å². The fourth-order valence-electron chi connectivity index (χ4n) is 5.13. The Morgan fingerprint density at radius 1 is 1.12 bits per heavy atom. The van der Waals surface area contributed by atoms with Gasteiger partial charge in [0.1, 0.15) is 0 Å². The van der Waals surface area contributed by atoms with Gasteiger partial charge in [0.25, 0.3) is 0 Å². The standard InChI is InChI=1S/C19H35N3O.2ClH/c1-13(2)22-8-4-5-14(12-22)11-21-19(23)17-9-15-6-3-7-16(10-17)18(15)20;;/h13-18H,3-12,20H2,1-2H3,(H,21,23);2*1H. The number of hydrogen-bond donors (Lipinski definition) is 2. The van der Waals surface area contributed by atoms with E-state index in [1.165, 1.54) is 38.6 Å². The van der Waals surface area contributed by atoms with Crippen LogP contribution in [0.25, 0.3) is 0 Å². The number of nitrogens with zero attached hydrogens (tertiary/aromatic N) is 1. The van der Waals surface area contributed by atoms with Gasteiger partial charge in [-0.25, -0.2) is 0 Å². The fourth-order valence-corrected chi connectivity index (χ4v) is 5.13. The van der Waals surface area contributed by atoms with E-state index in [-0.39, 0.29) is 30.7 Å². The molecule has 3 aliphatic rings. The van der Waals surface area contributed by atoms with E-state index in [0.29, 0.717) is 35.7 Å². The molecular formula is C19H37Cl2N3O. The molecule has 148 valence electrons. The first-order valence-corrected chi connectivity index (χ1v) is 9.82. The molecule has 25 heavy (non-hydrogen) atoms. The van der Waals surface area contributed by atoms with E-state index in [1.54, 1.807) is 0 Å². The Bertz CT molecular complexity index is 407. The highest BCUT2D eigenvalue weighted by Crippen LogP contribution is 2.41. The van der Waals surface area contributed by atoms with Crippen LogP contribution in [0.1, 0.15) is 58.8 Å². The van der Waals surface area contributed by atoms with Crippen molar-refractivity contribution in [1.29, 1.82) is 0 Å². The van der Waals surface area contributed by atoms with Gasteiger partial charge in [0.05, 0.1) is 0 Å². The number of fused-ring (bicyclic) bond motifs is 2. The molecule has 3 atom stereocenters. The first-order chi connectivity index (χ1) is 11.0. The summed E-state index contributed by atoms with van der Waals surface area (Å²) in [6, 6.07) is 0.971. The molecule has 0 aromatic rings. The number of rotatable bonds is 4. The van der Waals surface area contributed by atoms with E-state index in [1.807, 2.05) is 0 Å². The molecule has 4 nitrogen and oxygen atoms in total. The number of amides is 1. The van der Waals surface area contributed by atoms with Crippen molar-refractivity contribution in [2.45, 2.75) is 70.9 Å². The second-order valence-electron chi connectivity index (χ2n) is 8.54. The highest BCUT2D eigenvalue weighted by molar-refractivity contribution is 5.85. The number of hydrogen-bond acceptors (Lipinski definition) is 3. The quantitative estimate of drug-likeness (QED) is 0.770. The van der Waals surface area contributed by atoms with Crippen LogP contribution in [0.3, 0.4) is 0 Å². The van der Waals surface area contributed by atoms with Gasteiger partial charge < -0.3 is 16.0 Å². The third-order valence-electron chi connectivity index (χ3n) is 6.63. The zero-order valence-corrected chi connectivity index (χ0v) is 17.4. The molecule has 0 aromatic heterocycles. The maximum atomic E-state index is 12.6. The van der Waals surface area contributed by atoms with E-state index in [0.717, 1.165) is 25.9 Å². The maximum Gasteiger partial charge on any atom is 0.223 e. The number of halogens is 2. The van der Waals surface area contributed by atoms with Crippen LogP contribution < -0.4 is 11.1 Å². The first-order valence-electron chi connectivity index (χ1n) is 9.82. The molecule has 2 saturated carbocycles. The van der Waals surface area contributed by atoms with Gasteiger partial charge in [-0.15, -0.1) is 24.8 Å². The van der Waals surface area contributed by atoms with Gasteiger partial charge in [-0.05, 0) is 76.7 Å². The SMILES string of the molecule is CC(C)N1CCCC(CNC(=O)C2CC3CCCC(C2)C3N)C1.Cl.Cl. The van der Waals surface area contributed by atoms with Crippen molar-refractivity contribution in [1.82, 2.24) is 10.2 Å². The molecule has 2 aliphatic carbocycles. The molecule has 0 aromatic carbocycles. The summed E-state index contributed by atoms with van der Waals surface area (Å²) in [6.45, 7) is 7.75. The minimum absolute atomic E-state index is 0. The lowest BCUT2D eigenvalue weighted by atomic mass is 9.65. The highest BCUT2D eigenvalue weighted by atomic mass is 35.5. The Hall–Kier alpha value is -0.0300. The minimum Gasteiger partial charge on any atom is -0.356 e. The van der Waals surface area contributed by atoms with Crippen LogP contribution in [0.2, 0.25) is 0 Å². The molecule has 6 heteroatoms. The van der Waals surface area contributed by atoms with Crippen molar-refractivity contribution in [2.75, 3.05) is 19.6 Å².